The van der Waals surface area contributed by atoms with Crippen molar-refractivity contribution in [1.29, 1.82) is 0 Å². The van der Waals surface area contributed by atoms with E-state index in [1.807, 2.05) is 69.7 Å². The Labute approximate surface area is 400 Å². The number of nitrogens with one attached hydrogen (secondary N) is 2. The van der Waals surface area contributed by atoms with E-state index in [0.29, 0.717) is 107 Å². The molecule has 5 atom stereocenters. The lowest BCUT2D eigenvalue weighted by molar-refractivity contribution is -0.143. The number of aromatic nitrogens is 6. The molecule has 0 bridgehead atoms. The van der Waals surface area contributed by atoms with Gasteiger partial charge in [0.05, 0.1) is 50.4 Å². The Balaban J connectivity index is 1.24. The molecule has 20 nitrogen and oxygen atoms in total. The highest BCUT2D eigenvalue weighted by atomic mass is 19.1. The molecule has 0 aromatic carbocycles. The van der Waals surface area contributed by atoms with Gasteiger partial charge in [0.2, 0.25) is 11.9 Å². The first-order valence-corrected chi connectivity index (χ1v) is 24.7. The van der Waals surface area contributed by atoms with Crippen LogP contribution in [0.3, 0.4) is 0 Å². The molecule has 380 valence electrons. The summed E-state index contributed by atoms with van der Waals surface area (Å²) in [5.74, 6) is -2.13. The Morgan fingerprint density at radius 1 is 0.735 bits per heavy atom. The highest BCUT2D eigenvalue weighted by molar-refractivity contribution is 5.87. The van der Waals surface area contributed by atoms with Crippen molar-refractivity contribution in [3.05, 3.63) is 18.2 Å². The third-order valence-electron chi connectivity index (χ3n) is 13.4. The molecular formula is C47H78FN13O7. The number of carbonyl (C=O) groups excluding carboxylic acids is 1. The number of anilines is 3. The third-order valence-corrected chi connectivity index (χ3v) is 13.4. The van der Waals surface area contributed by atoms with Gasteiger partial charge in [0.1, 0.15) is 6.17 Å². The lowest BCUT2D eigenvalue weighted by atomic mass is 10.0. The van der Waals surface area contributed by atoms with Gasteiger partial charge < -0.3 is 35.4 Å². The van der Waals surface area contributed by atoms with Crippen LogP contribution in [0, 0.1) is 0 Å². The number of halogens is 1. The second-order valence-corrected chi connectivity index (χ2v) is 19.5. The van der Waals surface area contributed by atoms with Gasteiger partial charge in [-0.3, -0.25) is 43.5 Å². The van der Waals surface area contributed by atoms with Crippen molar-refractivity contribution in [1.82, 2.24) is 54.2 Å². The Hall–Kier alpha value is -4.99. The average molecular weight is 956 g/mol. The lowest BCUT2D eigenvalue weighted by Gasteiger charge is -2.45. The van der Waals surface area contributed by atoms with Crippen LogP contribution < -0.4 is 15.5 Å². The van der Waals surface area contributed by atoms with Gasteiger partial charge in [0, 0.05) is 81.7 Å². The zero-order chi connectivity index (χ0) is 49.7. The van der Waals surface area contributed by atoms with Crippen molar-refractivity contribution in [2.24, 2.45) is 0 Å². The van der Waals surface area contributed by atoms with E-state index in [-0.39, 0.29) is 68.3 Å². The van der Waals surface area contributed by atoms with E-state index < -0.39 is 24.1 Å². The molecule has 2 saturated heterocycles. The summed E-state index contributed by atoms with van der Waals surface area (Å²) in [7, 11) is 0. The molecule has 0 saturated carbocycles. The molecule has 68 heavy (non-hydrogen) atoms. The molecule has 5 unspecified atom stereocenters. The third kappa shape index (κ3) is 14.8. The average Bonchev–Trinajstić information content (AvgIpc) is 4.03. The largest absolute Gasteiger partial charge is 0.480 e. The van der Waals surface area contributed by atoms with Gasteiger partial charge >= 0.3 is 17.9 Å². The molecule has 5 rings (SSSR count). The van der Waals surface area contributed by atoms with E-state index in [1.54, 1.807) is 6.33 Å². The molecule has 0 spiro atoms. The first-order valence-electron chi connectivity index (χ1n) is 24.7. The lowest BCUT2D eigenvalue weighted by Crippen LogP contribution is -2.60. The summed E-state index contributed by atoms with van der Waals surface area (Å²) in [5, 5.41) is 41.4. The number of carboxylic acids is 3. The molecule has 3 aromatic heterocycles. The fourth-order valence-corrected chi connectivity index (χ4v) is 9.61. The van der Waals surface area contributed by atoms with Crippen molar-refractivity contribution in [3.8, 4) is 0 Å². The Morgan fingerprint density at radius 2 is 1.26 bits per heavy atom. The van der Waals surface area contributed by atoms with Gasteiger partial charge in [-0.25, -0.2) is 9.37 Å². The number of fused-ring (bicyclic) bond motifs is 1. The van der Waals surface area contributed by atoms with E-state index in [4.69, 9.17) is 20.1 Å². The number of hydrogen-bond acceptors (Lipinski definition) is 14. The molecule has 5 N–H and O–H groups in total. The van der Waals surface area contributed by atoms with Crippen molar-refractivity contribution < 1.29 is 38.9 Å². The number of alkyl halides is 1. The first-order chi connectivity index (χ1) is 32.4. The fraction of sp³-hybridized carbons (Fsp3) is 0.745. The number of carboxylic acid groups (broad SMARTS) is 3. The van der Waals surface area contributed by atoms with Crippen LogP contribution in [-0.2, 0) is 37.7 Å². The second kappa shape index (κ2) is 25.0. The van der Waals surface area contributed by atoms with Gasteiger partial charge in [-0.2, -0.15) is 15.1 Å². The minimum Gasteiger partial charge on any atom is -0.480 e. The number of amides is 1. The van der Waals surface area contributed by atoms with Gasteiger partial charge in [0.25, 0.3) is 0 Å². The van der Waals surface area contributed by atoms with Crippen LogP contribution >= 0.6 is 0 Å². The highest BCUT2D eigenvalue weighted by Crippen LogP contribution is 2.31. The number of hydrogen-bond donors (Lipinski definition) is 5. The van der Waals surface area contributed by atoms with Crippen LogP contribution in [0.4, 0.5) is 21.8 Å². The number of aryl methyl sites for hydroxylation is 2. The summed E-state index contributed by atoms with van der Waals surface area (Å²) in [5.41, 5.74) is 2.69. The van der Waals surface area contributed by atoms with Crippen molar-refractivity contribution in [2.75, 3.05) is 82.2 Å². The Kier molecular flexibility index (Phi) is 19.9. The normalized spacial score (nSPS) is 22.0. The maximum absolute atomic E-state index is 14.3. The summed E-state index contributed by atoms with van der Waals surface area (Å²) >= 11 is 0. The Morgan fingerprint density at radius 3 is 1.72 bits per heavy atom. The van der Waals surface area contributed by atoms with Crippen LogP contribution in [0.5, 0.6) is 0 Å². The standard InChI is InChI=1S/C47H78FN13O7/c1-9-33-23-57(28-40(63)64)35(11-3)25-59(30-42(67)68)36(12-4)24-58(29-41(65)66)34(10-2)22-56(33)27-39(62)49-18-15-14-16-19-60-26-38(37(13-5)54-60)51-44-43-45(61(31-50-43)47(6,7)8)53-46(52-44)55-20-17-32(48)21-55/h26,31-36H,9-25,27-30H2,1-8H3,(H,49,62)(H,63,64)(H,65,66)(H,67,68)(H,51,52,53). The number of aliphatic carboxylic acids is 3. The van der Waals surface area contributed by atoms with Crippen LogP contribution in [0.15, 0.2) is 12.5 Å². The van der Waals surface area contributed by atoms with Gasteiger partial charge in [-0.15, -0.1) is 0 Å². The van der Waals surface area contributed by atoms with E-state index in [9.17, 15) is 38.9 Å². The van der Waals surface area contributed by atoms with E-state index >= 15 is 0 Å². The SMILES string of the molecule is CCc1nn(CCCCCNC(=O)CN2CC(CC)N(CC(=O)O)CC(CC)N(CC(=O)O)CC(CC)N(CC(=O)O)CC2CC)cc1Nc1nc(N2CCC(F)C2)nc2c1ncn2C(C)(C)C. The first kappa shape index (κ1) is 54.0. The summed E-state index contributed by atoms with van der Waals surface area (Å²) in [6.45, 7) is 18.8. The van der Waals surface area contributed by atoms with E-state index in [1.165, 1.54) is 0 Å². The zero-order valence-corrected chi connectivity index (χ0v) is 41.7. The highest BCUT2D eigenvalue weighted by Gasteiger charge is 2.35. The summed E-state index contributed by atoms with van der Waals surface area (Å²) in [6.07, 6.45) is 8.68. The second-order valence-electron chi connectivity index (χ2n) is 19.5. The van der Waals surface area contributed by atoms with E-state index in [2.05, 4.69) is 36.3 Å². The fourth-order valence-electron chi connectivity index (χ4n) is 9.61. The molecule has 0 radical (unpaired) electrons. The predicted molar refractivity (Wildman–Crippen MR) is 259 cm³/mol. The van der Waals surface area contributed by atoms with Crippen LogP contribution in [0.1, 0.15) is 112 Å². The predicted octanol–water partition coefficient (Wildman–Crippen LogP) is 4.51. The maximum atomic E-state index is 14.3. The monoisotopic (exact) mass is 956 g/mol. The molecule has 0 aliphatic carbocycles. The molecule has 5 heterocycles. The topological polar surface area (TPSA) is 231 Å². The molecule has 3 aromatic rings. The number of rotatable bonds is 22. The number of imidazole rings is 1. The van der Waals surface area contributed by atoms with Gasteiger partial charge in [0.15, 0.2) is 17.0 Å². The smallest absolute Gasteiger partial charge is 0.317 e. The van der Waals surface area contributed by atoms with Crippen LogP contribution in [0.25, 0.3) is 11.2 Å². The summed E-state index contributed by atoms with van der Waals surface area (Å²) in [6, 6.07) is -1.07. The number of carbonyl (C=O) groups is 4. The van der Waals surface area contributed by atoms with Gasteiger partial charge in [-0.05, 0) is 78.6 Å². The molecular weight excluding hydrogens is 878 g/mol. The van der Waals surface area contributed by atoms with Crippen LogP contribution in [0.2, 0.25) is 0 Å². The number of unbranched alkanes of at least 4 members (excludes halogenated alkanes) is 2. The minimum atomic E-state index is -1.000. The molecule has 1 amide bonds. The molecule has 2 aliphatic heterocycles. The number of nitrogens with zero attached hydrogens (tertiary/aromatic N) is 11. The van der Waals surface area contributed by atoms with Crippen molar-refractivity contribution >= 4 is 52.4 Å². The minimum absolute atomic E-state index is 0.0593. The van der Waals surface area contributed by atoms with E-state index in [0.717, 1.165) is 30.6 Å². The molecule has 2 aliphatic rings. The van der Waals surface area contributed by atoms with Crippen LogP contribution in [-0.4, -0.2) is 190 Å². The molecule has 2 fully saturated rings. The maximum Gasteiger partial charge on any atom is 0.317 e. The Bertz CT molecular complexity index is 2110. The van der Waals surface area contributed by atoms with Crippen molar-refractivity contribution in [3.63, 3.8) is 0 Å². The quantitative estimate of drug-likeness (QED) is 0.0873. The summed E-state index contributed by atoms with van der Waals surface area (Å²) in [4.78, 5) is 74.4. The van der Waals surface area contributed by atoms with Gasteiger partial charge in [-0.1, -0.05) is 34.6 Å². The zero-order valence-electron chi connectivity index (χ0n) is 41.7. The summed E-state index contributed by atoms with van der Waals surface area (Å²) < 4.78 is 18.2. The van der Waals surface area contributed by atoms with Crippen molar-refractivity contribution in [2.45, 2.75) is 156 Å². The molecule has 21 heteroatoms.